The molecular weight excluding hydrogens is 423 g/mol. The van der Waals surface area contributed by atoms with Gasteiger partial charge in [0.05, 0.1) is 11.3 Å². The standard InChI is InChI=1S/C22H24F3N5S/c1-15-3-5-18(11-16(15)2)27-21-28-19(14-31-21)13-29-7-9-30(10-8-29)20-6-4-17(12-26-20)22(23,24)25/h3-6,11-12,14H,7-10,13H2,1-2H3,(H,27,28). The number of hydrogen-bond acceptors (Lipinski definition) is 6. The lowest BCUT2D eigenvalue weighted by Gasteiger charge is -2.35. The number of nitrogens with one attached hydrogen (secondary N) is 1. The van der Waals surface area contributed by atoms with Gasteiger partial charge < -0.3 is 10.2 Å². The molecule has 1 fully saturated rings. The minimum absolute atomic E-state index is 0.584. The Morgan fingerprint density at radius 3 is 2.45 bits per heavy atom. The number of aryl methyl sites for hydroxylation is 2. The highest BCUT2D eigenvalue weighted by atomic mass is 32.1. The Labute approximate surface area is 183 Å². The summed E-state index contributed by atoms with van der Waals surface area (Å²) in [7, 11) is 0. The van der Waals surface area contributed by atoms with Crippen LogP contribution in [0.2, 0.25) is 0 Å². The van der Waals surface area contributed by atoms with Crippen molar-refractivity contribution < 1.29 is 13.2 Å². The molecule has 31 heavy (non-hydrogen) atoms. The number of pyridine rings is 1. The molecular formula is C22H24F3N5S. The fourth-order valence-electron chi connectivity index (χ4n) is 3.48. The zero-order valence-corrected chi connectivity index (χ0v) is 18.2. The molecule has 0 unspecified atom stereocenters. The van der Waals surface area contributed by atoms with Gasteiger partial charge in [-0.15, -0.1) is 11.3 Å². The Kier molecular flexibility index (Phi) is 6.15. The van der Waals surface area contributed by atoms with Gasteiger partial charge in [-0.05, 0) is 49.2 Å². The third-order valence-corrected chi connectivity index (χ3v) is 6.27. The summed E-state index contributed by atoms with van der Waals surface area (Å²) < 4.78 is 38.1. The molecule has 0 radical (unpaired) electrons. The molecule has 9 heteroatoms. The number of alkyl halides is 3. The molecule has 0 atom stereocenters. The Morgan fingerprint density at radius 1 is 1.03 bits per heavy atom. The van der Waals surface area contributed by atoms with Gasteiger partial charge in [-0.2, -0.15) is 13.2 Å². The molecule has 5 nitrogen and oxygen atoms in total. The molecule has 0 spiro atoms. The van der Waals surface area contributed by atoms with Crippen LogP contribution < -0.4 is 10.2 Å². The van der Waals surface area contributed by atoms with Gasteiger partial charge >= 0.3 is 6.18 Å². The molecule has 164 valence electrons. The largest absolute Gasteiger partial charge is 0.417 e. The van der Waals surface area contributed by atoms with Crippen molar-refractivity contribution in [3.05, 3.63) is 64.3 Å². The van der Waals surface area contributed by atoms with Crippen LogP contribution in [0.25, 0.3) is 0 Å². The second-order valence-electron chi connectivity index (χ2n) is 7.73. The van der Waals surface area contributed by atoms with E-state index in [1.54, 1.807) is 11.3 Å². The Bertz CT molecular complexity index is 1020. The van der Waals surface area contributed by atoms with E-state index in [-0.39, 0.29) is 0 Å². The number of aromatic nitrogens is 2. The third-order valence-electron chi connectivity index (χ3n) is 5.47. The highest BCUT2D eigenvalue weighted by molar-refractivity contribution is 7.13. The number of benzene rings is 1. The zero-order chi connectivity index (χ0) is 22.0. The smallest absolute Gasteiger partial charge is 0.354 e. The summed E-state index contributed by atoms with van der Waals surface area (Å²) in [6.45, 7) is 7.98. The lowest BCUT2D eigenvalue weighted by atomic mass is 10.1. The van der Waals surface area contributed by atoms with Crippen molar-refractivity contribution in [3.8, 4) is 0 Å². The second-order valence-corrected chi connectivity index (χ2v) is 8.59. The first-order chi connectivity index (χ1) is 14.8. The molecule has 2 aromatic heterocycles. The van der Waals surface area contributed by atoms with Crippen LogP contribution in [0, 0.1) is 13.8 Å². The van der Waals surface area contributed by atoms with Crippen LogP contribution in [0.4, 0.5) is 29.8 Å². The predicted molar refractivity (Wildman–Crippen MR) is 118 cm³/mol. The number of hydrogen-bond donors (Lipinski definition) is 1. The molecule has 0 bridgehead atoms. The quantitative estimate of drug-likeness (QED) is 0.580. The molecule has 1 saturated heterocycles. The van der Waals surface area contributed by atoms with E-state index >= 15 is 0 Å². The number of halogens is 3. The summed E-state index contributed by atoms with van der Waals surface area (Å²) in [5.41, 5.74) is 3.82. The van der Waals surface area contributed by atoms with Gasteiger partial charge in [0.15, 0.2) is 5.13 Å². The van der Waals surface area contributed by atoms with E-state index in [2.05, 4.69) is 52.6 Å². The summed E-state index contributed by atoms with van der Waals surface area (Å²) >= 11 is 1.58. The summed E-state index contributed by atoms with van der Waals surface area (Å²) in [6, 6.07) is 8.80. The van der Waals surface area contributed by atoms with Crippen LogP contribution in [0.1, 0.15) is 22.4 Å². The van der Waals surface area contributed by atoms with Crippen molar-refractivity contribution in [2.24, 2.45) is 0 Å². The second kappa shape index (κ2) is 8.84. The van der Waals surface area contributed by atoms with Crippen molar-refractivity contribution in [1.82, 2.24) is 14.9 Å². The summed E-state index contributed by atoms with van der Waals surface area (Å²) in [4.78, 5) is 13.0. The molecule has 0 saturated carbocycles. The number of anilines is 3. The molecule has 1 aromatic carbocycles. The number of piperazine rings is 1. The van der Waals surface area contributed by atoms with Gasteiger partial charge in [0, 0.05) is 50.0 Å². The van der Waals surface area contributed by atoms with E-state index < -0.39 is 11.7 Å². The first kappa shape index (κ1) is 21.6. The van der Waals surface area contributed by atoms with Crippen LogP contribution >= 0.6 is 11.3 Å². The first-order valence-electron chi connectivity index (χ1n) is 10.1. The number of rotatable bonds is 5. The van der Waals surface area contributed by atoms with Gasteiger partial charge in [-0.1, -0.05) is 6.07 Å². The van der Waals surface area contributed by atoms with Crippen molar-refractivity contribution in [2.45, 2.75) is 26.6 Å². The third kappa shape index (κ3) is 5.34. The molecule has 3 aromatic rings. The Morgan fingerprint density at radius 2 is 1.81 bits per heavy atom. The minimum atomic E-state index is -4.36. The van der Waals surface area contributed by atoms with E-state index in [9.17, 15) is 13.2 Å². The van der Waals surface area contributed by atoms with E-state index in [4.69, 9.17) is 4.98 Å². The van der Waals surface area contributed by atoms with E-state index in [1.807, 2.05) is 4.90 Å². The van der Waals surface area contributed by atoms with Gasteiger partial charge in [0.1, 0.15) is 5.82 Å². The minimum Gasteiger partial charge on any atom is -0.354 e. The van der Waals surface area contributed by atoms with Crippen LogP contribution in [-0.4, -0.2) is 41.0 Å². The molecule has 1 N–H and O–H groups in total. The molecule has 1 aliphatic heterocycles. The highest BCUT2D eigenvalue weighted by Gasteiger charge is 2.31. The van der Waals surface area contributed by atoms with Crippen molar-refractivity contribution in [3.63, 3.8) is 0 Å². The summed E-state index contributed by atoms with van der Waals surface area (Å²) in [5, 5.41) is 6.29. The molecule has 4 rings (SSSR count). The monoisotopic (exact) mass is 447 g/mol. The van der Waals surface area contributed by atoms with Gasteiger partial charge in [-0.25, -0.2) is 9.97 Å². The first-order valence-corrected chi connectivity index (χ1v) is 10.9. The highest BCUT2D eigenvalue weighted by Crippen LogP contribution is 2.29. The fraction of sp³-hybridized carbons (Fsp3) is 0.364. The lowest BCUT2D eigenvalue weighted by Crippen LogP contribution is -2.46. The topological polar surface area (TPSA) is 44.3 Å². The van der Waals surface area contributed by atoms with Crippen LogP contribution in [0.3, 0.4) is 0 Å². The van der Waals surface area contributed by atoms with Gasteiger partial charge in [0.25, 0.3) is 0 Å². The van der Waals surface area contributed by atoms with Gasteiger partial charge in [0.2, 0.25) is 0 Å². The normalized spacial score (nSPS) is 15.3. The lowest BCUT2D eigenvalue weighted by molar-refractivity contribution is -0.137. The summed E-state index contributed by atoms with van der Waals surface area (Å²) in [6.07, 6.45) is -3.45. The molecule has 0 aliphatic carbocycles. The Hall–Kier alpha value is -2.65. The maximum Gasteiger partial charge on any atom is 0.417 e. The Balaban J connectivity index is 1.29. The average molecular weight is 448 g/mol. The number of nitrogens with zero attached hydrogens (tertiary/aromatic N) is 4. The molecule has 3 heterocycles. The molecule has 1 aliphatic rings. The van der Waals surface area contributed by atoms with Crippen molar-refractivity contribution in [1.29, 1.82) is 0 Å². The van der Waals surface area contributed by atoms with E-state index in [1.165, 1.54) is 17.2 Å². The van der Waals surface area contributed by atoms with Crippen molar-refractivity contribution in [2.75, 3.05) is 36.4 Å². The molecule has 0 amide bonds. The SMILES string of the molecule is Cc1ccc(Nc2nc(CN3CCN(c4ccc(C(F)(F)F)cn4)CC3)cs2)cc1C. The van der Waals surface area contributed by atoms with E-state index in [0.29, 0.717) is 5.82 Å². The summed E-state index contributed by atoms with van der Waals surface area (Å²) in [5.74, 6) is 0.584. The van der Waals surface area contributed by atoms with Crippen LogP contribution in [0.5, 0.6) is 0 Å². The average Bonchev–Trinajstić information content (AvgIpc) is 3.17. The predicted octanol–water partition coefficient (Wildman–Crippen LogP) is 5.24. The van der Waals surface area contributed by atoms with Gasteiger partial charge in [-0.3, -0.25) is 4.90 Å². The zero-order valence-electron chi connectivity index (χ0n) is 17.4. The van der Waals surface area contributed by atoms with Crippen LogP contribution in [-0.2, 0) is 12.7 Å². The maximum atomic E-state index is 12.7. The van der Waals surface area contributed by atoms with E-state index in [0.717, 1.165) is 61.5 Å². The van der Waals surface area contributed by atoms with Crippen LogP contribution in [0.15, 0.2) is 41.9 Å². The number of thiazole rings is 1. The maximum absolute atomic E-state index is 12.7. The van der Waals surface area contributed by atoms with Crippen molar-refractivity contribution >= 4 is 28.0 Å². The fourth-order valence-corrected chi connectivity index (χ4v) is 4.21.